The molecule has 0 bridgehead atoms. The zero-order chi connectivity index (χ0) is 19.6. The number of methoxy groups -OCH3 is 1. The van der Waals surface area contributed by atoms with Crippen molar-refractivity contribution in [3.05, 3.63) is 65.7 Å². The lowest BCUT2D eigenvalue weighted by atomic mass is 9.84. The van der Waals surface area contributed by atoms with Crippen molar-refractivity contribution in [2.24, 2.45) is 0 Å². The summed E-state index contributed by atoms with van der Waals surface area (Å²) < 4.78 is 4.52. The van der Waals surface area contributed by atoms with Crippen LogP contribution in [0.2, 0.25) is 0 Å². The highest BCUT2D eigenvalue weighted by atomic mass is 16.5. The van der Waals surface area contributed by atoms with Gasteiger partial charge >= 0.3 is 5.97 Å². The molecule has 0 saturated carbocycles. The molecule has 0 fully saturated rings. The number of benzene rings is 2. The molecular weight excluding hydrogens is 346 g/mol. The van der Waals surface area contributed by atoms with Crippen LogP contribution >= 0.6 is 0 Å². The summed E-state index contributed by atoms with van der Waals surface area (Å²) in [6.07, 6.45) is -0.231. The maximum Gasteiger partial charge on any atom is 0.374 e. The molecule has 1 aliphatic heterocycles. The number of hydrogen-bond acceptors (Lipinski definition) is 5. The molecule has 6 nitrogen and oxygen atoms in total. The van der Waals surface area contributed by atoms with Gasteiger partial charge in [-0.1, -0.05) is 42.5 Å². The summed E-state index contributed by atoms with van der Waals surface area (Å²) >= 11 is 0. The van der Waals surface area contributed by atoms with E-state index in [2.05, 4.69) is 4.74 Å². The predicted molar refractivity (Wildman–Crippen MR) is 98.5 cm³/mol. The fourth-order valence-electron chi connectivity index (χ4n) is 3.56. The minimum Gasteiger partial charge on any atom is -0.463 e. The van der Waals surface area contributed by atoms with Crippen LogP contribution in [0.25, 0.3) is 0 Å². The van der Waals surface area contributed by atoms with Gasteiger partial charge in [-0.25, -0.2) is 4.79 Å². The quantitative estimate of drug-likeness (QED) is 0.601. The van der Waals surface area contributed by atoms with Gasteiger partial charge in [0.25, 0.3) is 0 Å². The van der Waals surface area contributed by atoms with Crippen LogP contribution in [-0.4, -0.2) is 36.6 Å². The molecule has 0 unspecified atom stereocenters. The zero-order valence-electron chi connectivity index (χ0n) is 15.0. The molecule has 0 aliphatic carbocycles. The minimum atomic E-state index is -0.965. The van der Waals surface area contributed by atoms with Crippen molar-refractivity contribution >= 4 is 29.1 Å². The highest BCUT2D eigenvalue weighted by Gasteiger charge is 2.45. The molecule has 0 N–H and O–H groups in total. The summed E-state index contributed by atoms with van der Waals surface area (Å²) in [5, 5.41) is 0. The maximum absolute atomic E-state index is 13.1. The Hall–Kier alpha value is -3.28. The number of ketones is 2. The van der Waals surface area contributed by atoms with Crippen molar-refractivity contribution in [2.45, 2.75) is 25.3 Å². The van der Waals surface area contributed by atoms with E-state index >= 15 is 0 Å². The Balaban J connectivity index is 2.08. The van der Waals surface area contributed by atoms with Gasteiger partial charge in [0.1, 0.15) is 6.04 Å². The van der Waals surface area contributed by atoms with Crippen LogP contribution in [-0.2, 0) is 19.1 Å². The van der Waals surface area contributed by atoms with Crippen LogP contribution in [0, 0.1) is 0 Å². The molecule has 27 heavy (non-hydrogen) atoms. The van der Waals surface area contributed by atoms with Gasteiger partial charge in [-0.15, -0.1) is 0 Å². The molecule has 1 aliphatic rings. The van der Waals surface area contributed by atoms with Crippen LogP contribution < -0.4 is 4.90 Å². The number of fused-ring (bicyclic) bond motifs is 1. The summed E-state index contributed by atoms with van der Waals surface area (Å²) in [5.41, 5.74) is 1.66. The van der Waals surface area contributed by atoms with Crippen molar-refractivity contribution in [2.75, 3.05) is 12.0 Å². The molecule has 0 aromatic heterocycles. The average molecular weight is 365 g/mol. The van der Waals surface area contributed by atoms with E-state index in [1.807, 2.05) is 6.07 Å². The first-order valence-corrected chi connectivity index (χ1v) is 8.54. The summed E-state index contributed by atoms with van der Waals surface area (Å²) in [6, 6.07) is 14.9. The number of amides is 1. The third-order valence-corrected chi connectivity index (χ3v) is 4.74. The SMILES string of the molecule is COC(=O)C(=O)C[C@H](c1ccccc1)[C@H]1C(=O)c2ccccc2N1C(C)=O. The molecule has 138 valence electrons. The second kappa shape index (κ2) is 7.53. The number of para-hydroxylation sites is 1. The molecular formula is C21H19NO5. The van der Waals surface area contributed by atoms with E-state index in [1.54, 1.807) is 48.5 Å². The van der Waals surface area contributed by atoms with Gasteiger partial charge in [-0.2, -0.15) is 0 Å². The van der Waals surface area contributed by atoms with Crippen molar-refractivity contribution < 1.29 is 23.9 Å². The normalized spacial score (nSPS) is 16.6. The lowest BCUT2D eigenvalue weighted by molar-refractivity contribution is -0.151. The van der Waals surface area contributed by atoms with Crippen LogP contribution in [0.4, 0.5) is 5.69 Å². The maximum atomic E-state index is 13.1. The lowest BCUT2D eigenvalue weighted by Crippen LogP contribution is -2.44. The third-order valence-electron chi connectivity index (χ3n) is 4.74. The molecule has 2 aromatic carbocycles. The number of anilines is 1. The number of ether oxygens (including phenoxy) is 1. The molecule has 1 amide bonds. The zero-order valence-corrected chi connectivity index (χ0v) is 15.0. The Labute approximate surface area is 156 Å². The standard InChI is InChI=1S/C21H19NO5/c1-13(23)22-17-11-7-6-10-15(17)20(25)19(22)16(12-18(24)21(26)27-2)14-8-4-3-5-9-14/h3-11,16,19H,12H2,1-2H3/t16-,19+/m1/s1. The minimum absolute atomic E-state index is 0.231. The van der Waals surface area contributed by atoms with E-state index in [9.17, 15) is 19.2 Å². The molecule has 3 rings (SSSR count). The summed E-state index contributed by atoms with van der Waals surface area (Å²) in [7, 11) is 1.14. The van der Waals surface area contributed by atoms with Crippen LogP contribution in [0.1, 0.15) is 35.2 Å². The van der Waals surface area contributed by atoms with Crippen molar-refractivity contribution in [3.63, 3.8) is 0 Å². The smallest absolute Gasteiger partial charge is 0.374 e. The first-order valence-electron chi connectivity index (χ1n) is 8.54. The van der Waals surface area contributed by atoms with Crippen molar-refractivity contribution in [1.82, 2.24) is 0 Å². The van der Waals surface area contributed by atoms with Gasteiger partial charge in [0.15, 0.2) is 5.78 Å². The summed E-state index contributed by atoms with van der Waals surface area (Å²) in [5.74, 6) is -2.91. The van der Waals surface area contributed by atoms with Crippen molar-refractivity contribution in [1.29, 1.82) is 0 Å². The molecule has 2 aromatic rings. The van der Waals surface area contributed by atoms with Gasteiger partial charge < -0.3 is 9.64 Å². The number of carbonyl (C=O) groups excluding carboxylic acids is 4. The Kier molecular flexibility index (Phi) is 5.16. The molecule has 0 radical (unpaired) electrons. The Morgan fingerprint density at radius 2 is 1.67 bits per heavy atom. The van der Waals surface area contributed by atoms with Gasteiger partial charge in [0, 0.05) is 24.8 Å². The van der Waals surface area contributed by atoms with E-state index in [0.29, 0.717) is 16.8 Å². The van der Waals surface area contributed by atoms with Crippen LogP contribution in [0.3, 0.4) is 0 Å². The number of hydrogen-bond donors (Lipinski definition) is 0. The fraction of sp³-hybridized carbons (Fsp3) is 0.238. The van der Waals surface area contributed by atoms with E-state index in [-0.39, 0.29) is 18.1 Å². The predicted octanol–water partition coefficient (Wildman–Crippen LogP) is 2.52. The van der Waals surface area contributed by atoms with E-state index in [1.165, 1.54) is 11.8 Å². The fourth-order valence-corrected chi connectivity index (χ4v) is 3.56. The van der Waals surface area contributed by atoms with Crippen LogP contribution in [0.5, 0.6) is 0 Å². The van der Waals surface area contributed by atoms with Crippen LogP contribution in [0.15, 0.2) is 54.6 Å². The van der Waals surface area contributed by atoms with Gasteiger partial charge in [-0.05, 0) is 17.7 Å². The largest absolute Gasteiger partial charge is 0.463 e. The molecule has 0 saturated heterocycles. The first kappa shape index (κ1) is 18.5. The van der Waals surface area contributed by atoms with Gasteiger partial charge in [0.2, 0.25) is 11.7 Å². The van der Waals surface area contributed by atoms with E-state index < -0.39 is 23.7 Å². The third kappa shape index (κ3) is 3.38. The highest BCUT2D eigenvalue weighted by Crippen LogP contribution is 2.40. The average Bonchev–Trinajstić information content (AvgIpc) is 2.98. The molecule has 0 spiro atoms. The summed E-state index contributed by atoms with van der Waals surface area (Å²) in [4.78, 5) is 50.9. The first-order chi connectivity index (χ1) is 13.0. The Morgan fingerprint density at radius 3 is 2.30 bits per heavy atom. The lowest BCUT2D eigenvalue weighted by Gasteiger charge is -2.30. The number of nitrogens with zero attached hydrogens (tertiary/aromatic N) is 1. The molecule has 6 heteroatoms. The second-order valence-electron chi connectivity index (χ2n) is 6.35. The number of esters is 1. The second-order valence-corrected chi connectivity index (χ2v) is 6.35. The van der Waals surface area contributed by atoms with Gasteiger partial charge in [0.05, 0.1) is 12.8 Å². The van der Waals surface area contributed by atoms with Crippen molar-refractivity contribution in [3.8, 4) is 0 Å². The topological polar surface area (TPSA) is 80.8 Å². The summed E-state index contributed by atoms with van der Waals surface area (Å²) in [6.45, 7) is 1.38. The number of Topliss-reactive ketones (excluding diaryl/α,β-unsaturated/α-hetero) is 2. The Morgan fingerprint density at radius 1 is 1.04 bits per heavy atom. The highest BCUT2D eigenvalue weighted by molar-refractivity contribution is 6.34. The van der Waals surface area contributed by atoms with Gasteiger partial charge in [-0.3, -0.25) is 14.4 Å². The van der Waals surface area contributed by atoms with E-state index in [0.717, 1.165) is 7.11 Å². The van der Waals surface area contributed by atoms with E-state index in [4.69, 9.17) is 0 Å². The molecule has 1 heterocycles. The Bertz CT molecular complexity index is 906. The monoisotopic (exact) mass is 365 g/mol. The number of rotatable bonds is 5. The number of carbonyl (C=O) groups is 4. The molecule has 2 atom stereocenters.